The predicted molar refractivity (Wildman–Crippen MR) is 52.7 cm³/mol. The van der Waals surface area contributed by atoms with Crippen LogP contribution in [-0.4, -0.2) is 48.3 Å². The van der Waals surface area contributed by atoms with Crippen molar-refractivity contribution in [3.8, 4) is 0 Å². The van der Waals surface area contributed by atoms with Gasteiger partial charge in [-0.05, 0) is 18.8 Å². The monoisotopic (exact) mass is 184 g/mol. The average Bonchev–Trinajstić information content (AvgIpc) is 2.19. The molecule has 0 spiro atoms. The van der Waals surface area contributed by atoms with E-state index in [9.17, 15) is 5.11 Å². The summed E-state index contributed by atoms with van der Waals surface area (Å²) in [6, 6.07) is 0. The van der Waals surface area contributed by atoms with Gasteiger partial charge < -0.3 is 10.4 Å². The molecule has 0 amide bonds. The molecule has 0 aromatic heterocycles. The SMILES string of the molecule is CC1CCC1(CO)N1CCNCC1. The Morgan fingerprint density at radius 1 is 1.46 bits per heavy atom. The van der Waals surface area contributed by atoms with Crippen molar-refractivity contribution in [3.05, 3.63) is 0 Å². The number of piperazine rings is 1. The lowest BCUT2D eigenvalue weighted by molar-refractivity contribution is -0.0783. The predicted octanol–water partition coefficient (Wildman–Crippen LogP) is 0.0526. The van der Waals surface area contributed by atoms with Gasteiger partial charge in [-0.3, -0.25) is 4.90 Å². The lowest BCUT2D eigenvalue weighted by atomic mass is 9.66. The first-order valence-corrected chi connectivity index (χ1v) is 5.36. The molecule has 0 aromatic rings. The molecule has 3 nitrogen and oxygen atoms in total. The minimum Gasteiger partial charge on any atom is -0.394 e. The van der Waals surface area contributed by atoms with E-state index in [1.54, 1.807) is 0 Å². The van der Waals surface area contributed by atoms with Crippen LogP contribution in [0.3, 0.4) is 0 Å². The second-order valence-corrected chi connectivity index (χ2v) is 4.44. The maximum absolute atomic E-state index is 9.50. The molecule has 2 aliphatic rings. The van der Waals surface area contributed by atoms with Gasteiger partial charge in [0, 0.05) is 31.7 Å². The van der Waals surface area contributed by atoms with E-state index in [0.29, 0.717) is 12.5 Å². The van der Waals surface area contributed by atoms with E-state index >= 15 is 0 Å². The first-order chi connectivity index (χ1) is 6.29. The molecule has 3 heteroatoms. The van der Waals surface area contributed by atoms with Gasteiger partial charge in [0.2, 0.25) is 0 Å². The van der Waals surface area contributed by atoms with E-state index in [4.69, 9.17) is 0 Å². The molecule has 76 valence electrons. The molecule has 0 bridgehead atoms. The van der Waals surface area contributed by atoms with Gasteiger partial charge in [0.1, 0.15) is 0 Å². The number of nitrogens with one attached hydrogen (secondary N) is 1. The summed E-state index contributed by atoms with van der Waals surface area (Å²) in [4.78, 5) is 2.48. The van der Waals surface area contributed by atoms with Crippen LogP contribution in [0.15, 0.2) is 0 Å². The highest BCUT2D eigenvalue weighted by Crippen LogP contribution is 2.42. The summed E-state index contributed by atoms with van der Waals surface area (Å²) < 4.78 is 0. The van der Waals surface area contributed by atoms with Gasteiger partial charge in [0.05, 0.1) is 6.61 Å². The third-order valence-corrected chi connectivity index (χ3v) is 3.95. The molecule has 1 aliphatic heterocycles. The van der Waals surface area contributed by atoms with Gasteiger partial charge in [0.15, 0.2) is 0 Å². The number of nitrogens with zero attached hydrogens (tertiary/aromatic N) is 1. The molecular formula is C10H20N2O. The van der Waals surface area contributed by atoms with Crippen LogP contribution < -0.4 is 5.32 Å². The van der Waals surface area contributed by atoms with Crippen molar-refractivity contribution < 1.29 is 5.11 Å². The van der Waals surface area contributed by atoms with Crippen molar-refractivity contribution in [1.29, 1.82) is 0 Å². The van der Waals surface area contributed by atoms with Gasteiger partial charge >= 0.3 is 0 Å². The van der Waals surface area contributed by atoms with Crippen molar-refractivity contribution in [2.45, 2.75) is 25.3 Å². The molecule has 13 heavy (non-hydrogen) atoms. The van der Waals surface area contributed by atoms with Crippen LogP contribution in [0.5, 0.6) is 0 Å². The maximum atomic E-state index is 9.50. The Kier molecular flexibility index (Phi) is 2.58. The molecule has 1 saturated carbocycles. The van der Waals surface area contributed by atoms with Gasteiger partial charge in [0.25, 0.3) is 0 Å². The molecule has 0 radical (unpaired) electrons. The standard InChI is InChI=1S/C10H20N2O/c1-9-2-3-10(9,8-13)12-6-4-11-5-7-12/h9,11,13H,2-8H2,1H3. The normalized spacial score (nSPS) is 41.5. The van der Waals surface area contributed by atoms with Gasteiger partial charge in [-0.1, -0.05) is 6.92 Å². The smallest absolute Gasteiger partial charge is 0.0618 e. The summed E-state index contributed by atoms with van der Waals surface area (Å²) in [6.45, 7) is 6.97. The lowest BCUT2D eigenvalue weighted by Gasteiger charge is -2.55. The van der Waals surface area contributed by atoms with E-state index < -0.39 is 0 Å². The van der Waals surface area contributed by atoms with E-state index in [1.807, 2.05) is 0 Å². The van der Waals surface area contributed by atoms with E-state index in [0.717, 1.165) is 26.2 Å². The third kappa shape index (κ3) is 1.39. The quantitative estimate of drug-likeness (QED) is 0.636. The fourth-order valence-corrected chi connectivity index (χ4v) is 2.68. The Balaban J connectivity index is 2.02. The van der Waals surface area contributed by atoms with Crippen LogP contribution in [-0.2, 0) is 0 Å². The molecule has 2 atom stereocenters. The molecule has 2 rings (SSSR count). The molecule has 2 N–H and O–H groups in total. The summed E-state index contributed by atoms with van der Waals surface area (Å²) in [5.74, 6) is 0.676. The van der Waals surface area contributed by atoms with E-state index in [1.165, 1.54) is 12.8 Å². The Morgan fingerprint density at radius 3 is 2.54 bits per heavy atom. The average molecular weight is 184 g/mol. The van der Waals surface area contributed by atoms with Crippen molar-refractivity contribution in [3.63, 3.8) is 0 Å². The number of hydrogen-bond acceptors (Lipinski definition) is 3. The summed E-state index contributed by atoms with van der Waals surface area (Å²) in [6.07, 6.45) is 2.47. The topological polar surface area (TPSA) is 35.5 Å². The van der Waals surface area contributed by atoms with Crippen molar-refractivity contribution >= 4 is 0 Å². The first kappa shape index (κ1) is 9.44. The van der Waals surface area contributed by atoms with Crippen molar-refractivity contribution in [2.75, 3.05) is 32.8 Å². The molecule has 1 heterocycles. The third-order valence-electron chi connectivity index (χ3n) is 3.95. The fourth-order valence-electron chi connectivity index (χ4n) is 2.68. The van der Waals surface area contributed by atoms with E-state index in [2.05, 4.69) is 17.1 Å². The zero-order valence-corrected chi connectivity index (χ0v) is 8.42. The van der Waals surface area contributed by atoms with Crippen molar-refractivity contribution in [2.24, 2.45) is 5.92 Å². The minimum absolute atomic E-state index is 0.141. The summed E-state index contributed by atoms with van der Waals surface area (Å²) in [5.41, 5.74) is 0.141. The first-order valence-electron chi connectivity index (χ1n) is 5.36. The Morgan fingerprint density at radius 2 is 2.15 bits per heavy atom. The molecule has 0 aromatic carbocycles. The number of aliphatic hydroxyl groups is 1. The maximum Gasteiger partial charge on any atom is 0.0618 e. The fraction of sp³-hybridized carbons (Fsp3) is 1.00. The largest absolute Gasteiger partial charge is 0.394 e. The number of hydrogen-bond donors (Lipinski definition) is 2. The molecule has 2 unspecified atom stereocenters. The Bertz CT molecular complexity index is 176. The summed E-state index contributed by atoms with van der Waals surface area (Å²) in [7, 11) is 0. The van der Waals surface area contributed by atoms with Crippen LogP contribution >= 0.6 is 0 Å². The van der Waals surface area contributed by atoms with Crippen LogP contribution in [0.1, 0.15) is 19.8 Å². The molecule has 1 saturated heterocycles. The van der Waals surface area contributed by atoms with Gasteiger partial charge in [-0.25, -0.2) is 0 Å². The number of aliphatic hydroxyl groups excluding tert-OH is 1. The van der Waals surface area contributed by atoms with Crippen LogP contribution in [0, 0.1) is 5.92 Å². The second-order valence-electron chi connectivity index (χ2n) is 4.44. The zero-order chi connectivity index (χ0) is 9.31. The minimum atomic E-state index is 0.141. The number of rotatable bonds is 2. The Labute approximate surface area is 80.1 Å². The molecule has 2 fully saturated rings. The Hall–Kier alpha value is -0.120. The van der Waals surface area contributed by atoms with Gasteiger partial charge in [-0.15, -0.1) is 0 Å². The summed E-state index contributed by atoms with van der Waals surface area (Å²) >= 11 is 0. The lowest BCUT2D eigenvalue weighted by Crippen LogP contribution is -2.65. The highest BCUT2D eigenvalue weighted by molar-refractivity contribution is 5.03. The molecular weight excluding hydrogens is 164 g/mol. The van der Waals surface area contributed by atoms with Gasteiger partial charge in [-0.2, -0.15) is 0 Å². The van der Waals surface area contributed by atoms with Crippen LogP contribution in [0.2, 0.25) is 0 Å². The molecule has 1 aliphatic carbocycles. The van der Waals surface area contributed by atoms with Crippen molar-refractivity contribution in [1.82, 2.24) is 10.2 Å². The van der Waals surface area contributed by atoms with E-state index in [-0.39, 0.29) is 5.54 Å². The second kappa shape index (κ2) is 3.56. The van der Waals surface area contributed by atoms with Crippen LogP contribution in [0.4, 0.5) is 0 Å². The zero-order valence-electron chi connectivity index (χ0n) is 8.42. The highest BCUT2D eigenvalue weighted by Gasteiger charge is 2.47. The summed E-state index contributed by atoms with van der Waals surface area (Å²) in [5, 5.41) is 12.8. The highest BCUT2D eigenvalue weighted by atomic mass is 16.3. The van der Waals surface area contributed by atoms with Crippen LogP contribution in [0.25, 0.3) is 0 Å².